The van der Waals surface area contributed by atoms with Crippen molar-refractivity contribution in [3.8, 4) is 17.6 Å². The molecule has 0 saturated heterocycles. The molecule has 0 atom stereocenters. The highest BCUT2D eigenvalue weighted by molar-refractivity contribution is 7.91. The van der Waals surface area contributed by atoms with Crippen LogP contribution in [0.25, 0.3) is 10.9 Å². The Bertz CT molecular complexity index is 982. The third kappa shape index (κ3) is 3.92. The monoisotopic (exact) mass is 358 g/mol. The van der Waals surface area contributed by atoms with Crippen LogP contribution in [-0.2, 0) is 10.0 Å². The number of hydrogen-bond acceptors (Lipinski definition) is 5. The topological polar surface area (TPSA) is 68.3 Å². The fourth-order valence-electron chi connectivity index (χ4n) is 2.04. The molecule has 122 valence electrons. The normalized spacial score (nSPS) is 11.0. The molecule has 2 heterocycles. The van der Waals surface area contributed by atoms with Gasteiger partial charge in [-0.3, -0.25) is 4.98 Å². The molecular weight excluding hydrogens is 344 g/mol. The molecule has 0 aliphatic heterocycles. The zero-order valence-corrected chi connectivity index (χ0v) is 14.2. The highest BCUT2D eigenvalue weighted by Crippen LogP contribution is 2.22. The van der Waals surface area contributed by atoms with Gasteiger partial charge < -0.3 is 4.74 Å². The Morgan fingerprint density at radius 1 is 1.12 bits per heavy atom. The molecule has 0 bridgehead atoms. The Morgan fingerprint density at radius 2 is 2.00 bits per heavy atom. The smallest absolute Gasteiger partial charge is 0.250 e. The zero-order valence-electron chi connectivity index (χ0n) is 12.6. The summed E-state index contributed by atoms with van der Waals surface area (Å²) in [6.45, 7) is 0.202. The first-order valence-electron chi connectivity index (χ1n) is 7.12. The minimum atomic E-state index is -3.47. The molecule has 0 aliphatic rings. The van der Waals surface area contributed by atoms with E-state index in [-0.39, 0.29) is 17.4 Å². The first-order chi connectivity index (χ1) is 11.7. The molecule has 0 saturated carbocycles. The van der Waals surface area contributed by atoms with E-state index in [2.05, 4.69) is 21.5 Å². The number of benzene rings is 1. The fraction of sp³-hybridized carbons (Fsp3) is 0.118. The van der Waals surface area contributed by atoms with Crippen LogP contribution in [0.5, 0.6) is 5.75 Å². The first kappa shape index (κ1) is 16.5. The molecule has 0 spiro atoms. The van der Waals surface area contributed by atoms with Gasteiger partial charge in [0.05, 0.1) is 6.54 Å². The van der Waals surface area contributed by atoms with E-state index in [1.165, 1.54) is 11.3 Å². The van der Waals surface area contributed by atoms with Crippen LogP contribution in [0, 0.1) is 11.8 Å². The third-order valence-corrected chi connectivity index (χ3v) is 5.93. The van der Waals surface area contributed by atoms with Gasteiger partial charge in [0.2, 0.25) is 0 Å². The Hall–Kier alpha value is -2.40. The lowest BCUT2D eigenvalue weighted by atomic mass is 10.2. The standard InChI is InChI=1S/C17H14N2O3S2/c20-24(21,16-9-5-13-23-16)19-11-1-2-12-22-15-8-3-6-14-7-4-10-18-17(14)15/h3-10,13,19H,11-12H2. The van der Waals surface area contributed by atoms with Crippen LogP contribution in [0.2, 0.25) is 0 Å². The molecule has 0 amide bonds. The predicted molar refractivity (Wildman–Crippen MR) is 94.5 cm³/mol. The zero-order chi connectivity index (χ0) is 16.8. The number of thiophene rings is 1. The predicted octanol–water partition coefficient (Wildman–Crippen LogP) is 2.66. The van der Waals surface area contributed by atoms with E-state index in [0.717, 1.165) is 10.9 Å². The van der Waals surface area contributed by atoms with Crippen LogP contribution in [0.3, 0.4) is 0 Å². The number of nitrogens with zero attached hydrogens (tertiary/aromatic N) is 1. The summed E-state index contributed by atoms with van der Waals surface area (Å²) >= 11 is 1.17. The number of hydrogen-bond donors (Lipinski definition) is 1. The highest BCUT2D eigenvalue weighted by atomic mass is 32.2. The lowest BCUT2D eigenvalue weighted by Crippen LogP contribution is -2.23. The SMILES string of the molecule is O=S(=O)(NCC#CCOc1cccc2cccnc12)c1cccs1. The second kappa shape index (κ2) is 7.45. The van der Waals surface area contributed by atoms with Crippen molar-refractivity contribution in [1.29, 1.82) is 0 Å². The Balaban J connectivity index is 1.55. The summed E-state index contributed by atoms with van der Waals surface area (Å²) in [4.78, 5) is 4.29. The van der Waals surface area contributed by atoms with Gasteiger partial charge in [0, 0.05) is 11.6 Å². The number of rotatable bonds is 5. The van der Waals surface area contributed by atoms with Gasteiger partial charge in [0.25, 0.3) is 10.0 Å². The van der Waals surface area contributed by atoms with E-state index >= 15 is 0 Å². The third-order valence-electron chi connectivity index (χ3n) is 3.13. The number of nitrogens with one attached hydrogen (secondary N) is 1. The number of fused-ring (bicyclic) bond motifs is 1. The summed E-state index contributed by atoms with van der Waals surface area (Å²) in [5.74, 6) is 6.19. The van der Waals surface area contributed by atoms with Crippen molar-refractivity contribution in [1.82, 2.24) is 9.71 Å². The van der Waals surface area contributed by atoms with Gasteiger partial charge in [0.1, 0.15) is 22.1 Å². The van der Waals surface area contributed by atoms with Gasteiger partial charge in [-0.15, -0.1) is 11.3 Å². The van der Waals surface area contributed by atoms with Crippen LogP contribution in [-0.4, -0.2) is 26.6 Å². The highest BCUT2D eigenvalue weighted by Gasteiger charge is 2.12. The molecule has 1 N–H and O–H groups in total. The molecule has 0 aliphatic carbocycles. The molecule has 1 aromatic carbocycles. The summed E-state index contributed by atoms with van der Waals surface area (Å²) in [5, 5.41) is 2.71. The summed E-state index contributed by atoms with van der Waals surface area (Å²) < 4.78 is 32.1. The minimum Gasteiger partial charge on any atom is -0.479 e. The molecule has 2 aromatic heterocycles. The summed E-state index contributed by atoms with van der Waals surface area (Å²) in [7, 11) is -3.47. The quantitative estimate of drug-likeness (QED) is 0.712. The first-order valence-corrected chi connectivity index (χ1v) is 9.48. The average Bonchev–Trinajstić information content (AvgIpc) is 3.13. The molecule has 0 unspecified atom stereocenters. The number of aromatic nitrogens is 1. The average molecular weight is 358 g/mol. The van der Waals surface area contributed by atoms with Crippen LogP contribution >= 0.6 is 11.3 Å². The second-order valence-corrected chi connectivity index (χ2v) is 7.67. The van der Waals surface area contributed by atoms with Gasteiger partial charge in [-0.25, -0.2) is 8.42 Å². The largest absolute Gasteiger partial charge is 0.479 e. The van der Waals surface area contributed by atoms with Gasteiger partial charge in [0.15, 0.2) is 0 Å². The van der Waals surface area contributed by atoms with E-state index in [1.54, 1.807) is 23.7 Å². The van der Waals surface area contributed by atoms with Crippen LogP contribution in [0.1, 0.15) is 0 Å². The molecular formula is C17H14N2O3S2. The molecule has 3 aromatic rings. The van der Waals surface area contributed by atoms with Crippen molar-refractivity contribution in [2.75, 3.05) is 13.2 Å². The van der Waals surface area contributed by atoms with E-state index < -0.39 is 10.0 Å². The number of sulfonamides is 1. The van der Waals surface area contributed by atoms with Crippen molar-refractivity contribution in [3.63, 3.8) is 0 Å². The lowest BCUT2D eigenvalue weighted by molar-refractivity contribution is 0.374. The van der Waals surface area contributed by atoms with Crippen molar-refractivity contribution in [2.24, 2.45) is 0 Å². The number of pyridine rings is 1. The Morgan fingerprint density at radius 3 is 2.83 bits per heavy atom. The molecule has 5 nitrogen and oxygen atoms in total. The molecule has 7 heteroatoms. The van der Waals surface area contributed by atoms with Gasteiger partial charge in [-0.05, 0) is 23.6 Å². The van der Waals surface area contributed by atoms with Crippen LogP contribution < -0.4 is 9.46 Å². The van der Waals surface area contributed by atoms with E-state index in [1.807, 2.05) is 30.3 Å². The Labute approximate surface area is 144 Å². The van der Waals surface area contributed by atoms with E-state index in [4.69, 9.17) is 4.74 Å². The van der Waals surface area contributed by atoms with E-state index in [0.29, 0.717) is 5.75 Å². The summed E-state index contributed by atoms with van der Waals surface area (Å²) in [6, 6.07) is 12.7. The number of ether oxygens (including phenoxy) is 1. The molecule has 0 radical (unpaired) electrons. The Kier molecular flexibility index (Phi) is 5.11. The van der Waals surface area contributed by atoms with Crippen molar-refractivity contribution in [2.45, 2.75) is 4.21 Å². The molecule has 3 rings (SSSR count). The van der Waals surface area contributed by atoms with Gasteiger partial charge in [-0.2, -0.15) is 4.72 Å². The maximum absolute atomic E-state index is 11.9. The van der Waals surface area contributed by atoms with Crippen molar-refractivity contribution in [3.05, 3.63) is 54.0 Å². The van der Waals surface area contributed by atoms with E-state index in [9.17, 15) is 8.42 Å². The summed E-state index contributed by atoms with van der Waals surface area (Å²) in [5.41, 5.74) is 0.778. The maximum atomic E-state index is 11.9. The second-order valence-electron chi connectivity index (χ2n) is 4.73. The van der Waals surface area contributed by atoms with Crippen LogP contribution in [0.4, 0.5) is 0 Å². The van der Waals surface area contributed by atoms with Crippen molar-refractivity contribution >= 4 is 32.3 Å². The van der Waals surface area contributed by atoms with Crippen LogP contribution in [0.15, 0.2) is 58.3 Å². The maximum Gasteiger partial charge on any atom is 0.250 e. The van der Waals surface area contributed by atoms with Gasteiger partial charge in [-0.1, -0.05) is 36.1 Å². The number of para-hydroxylation sites is 1. The summed E-state index contributed by atoms with van der Waals surface area (Å²) in [6.07, 6.45) is 1.71. The van der Waals surface area contributed by atoms with Gasteiger partial charge >= 0.3 is 0 Å². The molecule has 0 fully saturated rings. The fourth-order valence-corrected chi connectivity index (χ4v) is 4.00. The lowest BCUT2D eigenvalue weighted by Gasteiger charge is -2.05. The molecule has 24 heavy (non-hydrogen) atoms. The minimum absolute atomic E-state index is 0.0391. The van der Waals surface area contributed by atoms with Crippen molar-refractivity contribution < 1.29 is 13.2 Å².